The second-order valence-electron chi connectivity index (χ2n) is 5.77. The first-order chi connectivity index (χ1) is 9.41. The van der Waals surface area contributed by atoms with Crippen LogP contribution in [-0.2, 0) is 0 Å². The highest BCUT2D eigenvalue weighted by Gasteiger charge is 2.30. The van der Waals surface area contributed by atoms with Crippen LogP contribution in [0.2, 0.25) is 0 Å². The number of anilines is 1. The lowest BCUT2D eigenvalue weighted by atomic mass is 9.76. The molecular formula is C12H19N5O3. The third-order valence-electron chi connectivity index (χ3n) is 3.63. The van der Waals surface area contributed by atoms with Gasteiger partial charge in [0.05, 0.1) is 4.92 Å². The molecule has 1 aliphatic rings. The Morgan fingerprint density at radius 1 is 1.50 bits per heavy atom. The van der Waals surface area contributed by atoms with E-state index in [1.165, 1.54) is 0 Å². The summed E-state index contributed by atoms with van der Waals surface area (Å²) >= 11 is 0. The van der Waals surface area contributed by atoms with Crippen LogP contribution in [0.25, 0.3) is 0 Å². The molecule has 0 amide bonds. The van der Waals surface area contributed by atoms with Crippen LogP contribution in [0.4, 0.5) is 11.6 Å². The Morgan fingerprint density at radius 3 is 2.70 bits per heavy atom. The van der Waals surface area contributed by atoms with E-state index in [2.05, 4.69) is 29.2 Å². The van der Waals surface area contributed by atoms with Crippen LogP contribution in [0, 0.1) is 15.5 Å². The molecule has 0 spiro atoms. The van der Waals surface area contributed by atoms with Crippen molar-refractivity contribution in [3.8, 4) is 5.88 Å². The molecule has 0 unspecified atom stereocenters. The first-order valence-electron chi connectivity index (χ1n) is 6.56. The minimum Gasteiger partial charge on any atom is -0.469 e. The zero-order chi connectivity index (χ0) is 14.8. The van der Waals surface area contributed by atoms with Gasteiger partial charge in [-0.25, -0.2) is 10.8 Å². The zero-order valence-corrected chi connectivity index (χ0v) is 11.6. The van der Waals surface area contributed by atoms with E-state index < -0.39 is 4.92 Å². The Morgan fingerprint density at radius 2 is 2.15 bits per heavy atom. The molecule has 0 aliphatic heterocycles. The standard InChI is InChI=1S/C12H19N5O3/c1-12(2)5-3-8(4-6-12)20-10-9(17(18)19)7-14-11(15-10)16-13/h7-8H,3-6,13H2,1-2H3,(H,14,15,16). The molecule has 0 radical (unpaired) electrons. The van der Waals surface area contributed by atoms with E-state index in [1.54, 1.807) is 0 Å². The van der Waals surface area contributed by atoms with Crippen molar-refractivity contribution in [2.75, 3.05) is 5.43 Å². The Hall–Kier alpha value is -1.96. The van der Waals surface area contributed by atoms with Crippen molar-refractivity contribution in [1.82, 2.24) is 9.97 Å². The van der Waals surface area contributed by atoms with Crippen LogP contribution in [-0.4, -0.2) is 21.0 Å². The molecule has 110 valence electrons. The Kier molecular flexibility index (Phi) is 4.03. The number of hydrogen-bond donors (Lipinski definition) is 2. The van der Waals surface area contributed by atoms with Gasteiger partial charge in [-0.05, 0) is 31.1 Å². The van der Waals surface area contributed by atoms with Gasteiger partial charge in [0.25, 0.3) is 5.88 Å². The summed E-state index contributed by atoms with van der Waals surface area (Å²) in [5.74, 6) is 5.29. The van der Waals surface area contributed by atoms with Gasteiger partial charge < -0.3 is 4.74 Å². The van der Waals surface area contributed by atoms with E-state index in [4.69, 9.17) is 10.6 Å². The van der Waals surface area contributed by atoms with E-state index in [1.807, 2.05) is 0 Å². The maximum Gasteiger partial charge on any atom is 0.349 e. The summed E-state index contributed by atoms with van der Waals surface area (Å²) in [7, 11) is 0. The second kappa shape index (κ2) is 5.58. The lowest BCUT2D eigenvalue weighted by molar-refractivity contribution is -0.386. The van der Waals surface area contributed by atoms with Crippen molar-refractivity contribution in [2.24, 2.45) is 11.3 Å². The van der Waals surface area contributed by atoms with Crippen molar-refractivity contribution in [3.63, 3.8) is 0 Å². The van der Waals surface area contributed by atoms with Crippen LogP contribution in [0.1, 0.15) is 39.5 Å². The minimum atomic E-state index is -0.553. The molecule has 8 heteroatoms. The fourth-order valence-corrected chi connectivity index (χ4v) is 2.29. The maximum absolute atomic E-state index is 11.0. The molecule has 20 heavy (non-hydrogen) atoms. The lowest BCUT2D eigenvalue weighted by Gasteiger charge is -2.33. The molecule has 1 fully saturated rings. The molecule has 0 aromatic carbocycles. The third kappa shape index (κ3) is 3.32. The first-order valence-corrected chi connectivity index (χ1v) is 6.56. The van der Waals surface area contributed by atoms with Gasteiger partial charge in [-0.2, -0.15) is 4.98 Å². The summed E-state index contributed by atoms with van der Waals surface area (Å²) < 4.78 is 5.70. The second-order valence-corrected chi connectivity index (χ2v) is 5.77. The number of ether oxygens (including phenoxy) is 1. The fraction of sp³-hybridized carbons (Fsp3) is 0.667. The molecule has 0 saturated heterocycles. The third-order valence-corrected chi connectivity index (χ3v) is 3.63. The number of nitrogens with one attached hydrogen (secondary N) is 1. The van der Waals surface area contributed by atoms with Gasteiger partial charge in [0, 0.05) is 0 Å². The van der Waals surface area contributed by atoms with Gasteiger partial charge >= 0.3 is 5.69 Å². The van der Waals surface area contributed by atoms with Crippen molar-refractivity contribution in [1.29, 1.82) is 0 Å². The molecule has 1 saturated carbocycles. The number of hydrogen-bond acceptors (Lipinski definition) is 7. The molecule has 1 aliphatic carbocycles. The largest absolute Gasteiger partial charge is 0.469 e. The normalized spacial score (nSPS) is 18.6. The van der Waals surface area contributed by atoms with E-state index in [0.29, 0.717) is 5.41 Å². The lowest BCUT2D eigenvalue weighted by Crippen LogP contribution is -2.29. The van der Waals surface area contributed by atoms with Crippen LogP contribution in [0.3, 0.4) is 0 Å². The number of nitrogens with zero attached hydrogens (tertiary/aromatic N) is 3. The number of rotatable bonds is 4. The van der Waals surface area contributed by atoms with Crippen LogP contribution in [0.5, 0.6) is 5.88 Å². The molecule has 8 nitrogen and oxygen atoms in total. The van der Waals surface area contributed by atoms with Gasteiger partial charge in [0.2, 0.25) is 5.95 Å². The van der Waals surface area contributed by atoms with Crippen molar-refractivity contribution < 1.29 is 9.66 Å². The van der Waals surface area contributed by atoms with Gasteiger partial charge in [0.15, 0.2) is 0 Å². The van der Waals surface area contributed by atoms with Crippen LogP contribution < -0.4 is 16.0 Å². The SMILES string of the molecule is CC1(C)CCC(Oc2nc(NN)ncc2[N+](=O)[O-])CC1. The molecule has 1 heterocycles. The molecule has 0 atom stereocenters. The summed E-state index contributed by atoms with van der Waals surface area (Å²) in [6.07, 6.45) is 4.82. The molecule has 3 N–H and O–H groups in total. The first kappa shape index (κ1) is 14.4. The average molecular weight is 281 g/mol. The van der Waals surface area contributed by atoms with E-state index >= 15 is 0 Å². The summed E-state index contributed by atoms with van der Waals surface area (Å²) in [5, 5.41) is 11.0. The highest BCUT2D eigenvalue weighted by molar-refractivity contribution is 5.42. The highest BCUT2D eigenvalue weighted by atomic mass is 16.6. The van der Waals surface area contributed by atoms with Crippen LogP contribution >= 0.6 is 0 Å². The summed E-state index contributed by atoms with van der Waals surface area (Å²) in [4.78, 5) is 18.1. The predicted octanol–water partition coefficient (Wildman–Crippen LogP) is 2.02. The highest BCUT2D eigenvalue weighted by Crippen LogP contribution is 2.37. The number of nitrogens with two attached hydrogens (primary N) is 1. The quantitative estimate of drug-likeness (QED) is 0.492. The number of nitrogen functional groups attached to an aromatic ring is 1. The van der Waals surface area contributed by atoms with Gasteiger partial charge in [-0.3, -0.25) is 15.5 Å². The number of aromatic nitrogens is 2. The Balaban J connectivity index is 2.14. The Bertz CT molecular complexity index is 496. The van der Waals surface area contributed by atoms with Crippen molar-refractivity contribution >= 4 is 11.6 Å². The smallest absolute Gasteiger partial charge is 0.349 e. The zero-order valence-electron chi connectivity index (χ0n) is 11.6. The maximum atomic E-state index is 11.0. The summed E-state index contributed by atoms with van der Waals surface area (Å²) in [6.45, 7) is 4.43. The Labute approximate surface area is 116 Å². The van der Waals surface area contributed by atoms with Gasteiger partial charge in [0.1, 0.15) is 12.3 Å². The van der Waals surface area contributed by atoms with E-state index in [9.17, 15) is 10.1 Å². The number of nitro groups is 1. The van der Waals surface area contributed by atoms with E-state index in [-0.39, 0.29) is 23.6 Å². The molecule has 0 bridgehead atoms. The fourth-order valence-electron chi connectivity index (χ4n) is 2.29. The molecule has 1 aromatic rings. The molecule has 1 aromatic heterocycles. The topological polar surface area (TPSA) is 116 Å². The number of hydrazine groups is 1. The molecular weight excluding hydrogens is 262 g/mol. The summed E-state index contributed by atoms with van der Waals surface area (Å²) in [6, 6.07) is 0. The predicted molar refractivity (Wildman–Crippen MR) is 73.2 cm³/mol. The van der Waals surface area contributed by atoms with Crippen molar-refractivity contribution in [3.05, 3.63) is 16.3 Å². The monoisotopic (exact) mass is 281 g/mol. The van der Waals surface area contributed by atoms with Gasteiger partial charge in [-0.1, -0.05) is 13.8 Å². The summed E-state index contributed by atoms with van der Waals surface area (Å²) in [5.41, 5.74) is 2.32. The van der Waals surface area contributed by atoms with Crippen LogP contribution in [0.15, 0.2) is 6.20 Å². The van der Waals surface area contributed by atoms with E-state index in [0.717, 1.165) is 31.9 Å². The average Bonchev–Trinajstić information content (AvgIpc) is 2.40. The van der Waals surface area contributed by atoms with Crippen molar-refractivity contribution in [2.45, 2.75) is 45.6 Å². The van der Waals surface area contributed by atoms with Gasteiger partial charge in [-0.15, -0.1) is 0 Å². The minimum absolute atomic E-state index is 0.0253. The molecule has 2 rings (SSSR count).